The fourth-order valence-corrected chi connectivity index (χ4v) is 3.42. The van der Waals surface area contributed by atoms with E-state index in [0.29, 0.717) is 37.9 Å². The molecule has 6 heteroatoms. The summed E-state index contributed by atoms with van der Waals surface area (Å²) in [5.74, 6) is 0.729. The Bertz CT molecular complexity index is 716. The minimum atomic E-state index is -0.184. The minimum Gasteiger partial charge on any atom is -0.492 e. The Kier molecular flexibility index (Phi) is 6.96. The van der Waals surface area contributed by atoms with Crippen LogP contribution in [-0.4, -0.2) is 38.9 Å². The summed E-state index contributed by atoms with van der Waals surface area (Å²) in [6.07, 6.45) is 1.80. The number of urea groups is 1. The third-order valence-corrected chi connectivity index (χ3v) is 5.15. The van der Waals surface area contributed by atoms with Crippen LogP contribution in [0.1, 0.15) is 18.4 Å². The standard InChI is InChI=1S/C21H25ClN2O3/c22-18-6-8-19(9-7-18)27-15-12-23-20(25)24-16-21(10-13-26-14-11-21)17-4-2-1-3-5-17/h1-9H,10-16H2,(H2,23,24,25). The fourth-order valence-electron chi connectivity index (χ4n) is 3.30. The van der Waals surface area contributed by atoms with Gasteiger partial charge < -0.3 is 20.1 Å². The summed E-state index contributed by atoms with van der Waals surface area (Å²) < 4.78 is 11.1. The van der Waals surface area contributed by atoms with Crippen molar-refractivity contribution in [2.45, 2.75) is 18.3 Å². The zero-order valence-electron chi connectivity index (χ0n) is 15.2. The number of carbonyl (C=O) groups excluding carboxylic acids is 1. The Labute approximate surface area is 165 Å². The van der Waals surface area contributed by atoms with Gasteiger partial charge in [-0.3, -0.25) is 0 Å². The van der Waals surface area contributed by atoms with Gasteiger partial charge in [0.1, 0.15) is 12.4 Å². The molecular formula is C21H25ClN2O3. The largest absolute Gasteiger partial charge is 0.492 e. The molecule has 0 unspecified atom stereocenters. The maximum Gasteiger partial charge on any atom is 0.314 e. The van der Waals surface area contributed by atoms with E-state index in [0.717, 1.165) is 18.6 Å². The van der Waals surface area contributed by atoms with Gasteiger partial charge in [0.15, 0.2) is 0 Å². The van der Waals surface area contributed by atoms with Crippen LogP contribution in [0, 0.1) is 0 Å². The van der Waals surface area contributed by atoms with Gasteiger partial charge in [-0.2, -0.15) is 0 Å². The maximum atomic E-state index is 12.2. The monoisotopic (exact) mass is 388 g/mol. The van der Waals surface area contributed by atoms with Gasteiger partial charge in [0.25, 0.3) is 0 Å². The van der Waals surface area contributed by atoms with Gasteiger partial charge >= 0.3 is 6.03 Å². The van der Waals surface area contributed by atoms with Crippen molar-refractivity contribution in [1.29, 1.82) is 0 Å². The number of hydrogen-bond donors (Lipinski definition) is 2. The van der Waals surface area contributed by atoms with Gasteiger partial charge in [0, 0.05) is 30.2 Å². The second-order valence-corrected chi connectivity index (χ2v) is 7.11. The highest BCUT2D eigenvalue weighted by Crippen LogP contribution is 2.34. The van der Waals surface area contributed by atoms with Crippen LogP contribution >= 0.6 is 11.6 Å². The van der Waals surface area contributed by atoms with E-state index < -0.39 is 0 Å². The molecule has 1 heterocycles. The predicted molar refractivity (Wildman–Crippen MR) is 107 cm³/mol. The van der Waals surface area contributed by atoms with Gasteiger partial charge in [-0.1, -0.05) is 41.9 Å². The van der Waals surface area contributed by atoms with E-state index in [1.807, 2.05) is 18.2 Å². The SMILES string of the molecule is O=C(NCCOc1ccc(Cl)cc1)NCC1(c2ccccc2)CCOCC1. The molecule has 1 fully saturated rings. The smallest absolute Gasteiger partial charge is 0.314 e. The summed E-state index contributed by atoms with van der Waals surface area (Å²) >= 11 is 5.84. The van der Waals surface area contributed by atoms with Gasteiger partial charge in [-0.05, 0) is 42.7 Å². The van der Waals surface area contributed by atoms with Crippen LogP contribution in [0.5, 0.6) is 5.75 Å². The number of carbonyl (C=O) groups is 1. The first kappa shape index (κ1) is 19.5. The second-order valence-electron chi connectivity index (χ2n) is 6.67. The van der Waals surface area contributed by atoms with Crippen molar-refractivity contribution in [3.05, 3.63) is 65.2 Å². The molecular weight excluding hydrogens is 364 g/mol. The van der Waals surface area contributed by atoms with Crippen LogP contribution in [-0.2, 0) is 10.2 Å². The predicted octanol–water partition coefficient (Wildman–Crippen LogP) is 3.77. The quantitative estimate of drug-likeness (QED) is 0.710. The molecule has 27 heavy (non-hydrogen) atoms. The third-order valence-electron chi connectivity index (χ3n) is 4.89. The van der Waals surface area contributed by atoms with Crippen molar-refractivity contribution < 1.29 is 14.3 Å². The van der Waals surface area contributed by atoms with Gasteiger partial charge in [-0.15, -0.1) is 0 Å². The number of nitrogens with one attached hydrogen (secondary N) is 2. The molecule has 0 aliphatic carbocycles. The van der Waals surface area contributed by atoms with Crippen LogP contribution in [0.2, 0.25) is 5.02 Å². The molecule has 3 rings (SSSR count). The van der Waals surface area contributed by atoms with Gasteiger partial charge in [-0.25, -0.2) is 4.79 Å². The number of ether oxygens (including phenoxy) is 2. The van der Waals surface area contributed by atoms with Crippen LogP contribution < -0.4 is 15.4 Å². The van der Waals surface area contributed by atoms with E-state index in [-0.39, 0.29) is 11.4 Å². The van der Waals surface area contributed by atoms with Crippen LogP contribution in [0.25, 0.3) is 0 Å². The van der Waals surface area contributed by atoms with E-state index in [9.17, 15) is 4.79 Å². The molecule has 1 aliphatic rings. The van der Waals surface area contributed by atoms with Crippen molar-refractivity contribution in [2.75, 3.05) is 32.9 Å². The molecule has 2 aromatic carbocycles. The average molecular weight is 389 g/mol. The molecule has 0 spiro atoms. The molecule has 0 saturated carbocycles. The Morgan fingerprint density at radius 1 is 1.04 bits per heavy atom. The Balaban J connectivity index is 1.44. The molecule has 2 amide bonds. The lowest BCUT2D eigenvalue weighted by Crippen LogP contribution is -2.47. The van der Waals surface area contributed by atoms with Gasteiger partial charge in [0.2, 0.25) is 0 Å². The van der Waals surface area contributed by atoms with Crippen molar-refractivity contribution >= 4 is 17.6 Å². The normalized spacial score (nSPS) is 15.7. The number of halogens is 1. The highest BCUT2D eigenvalue weighted by Gasteiger charge is 2.34. The summed E-state index contributed by atoms with van der Waals surface area (Å²) in [4.78, 5) is 12.2. The topological polar surface area (TPSA) is 59.6 Å². The lowest BCUT2D eigenvalue weighted by Gasteiger charge is -2.38. The minimum absolute atomic E-state index is 0.0728. The zero-order valence-corrected chi connectivity index (χ0v) is 16.0. The molecule has 2 N–H and O–H groups in total. The van der Waals surface area contributed by atoms with E-state index in [2.05, 4.69) is 22.8 Å². The molecule has 1 saturated heterocycles. The van der Waals surface area contributed by atoms with Crippen LogP contribution in [0.4, 0.5) is 4.79 Å². The molecule has 0 aromatic heterocycles. The van der Waals surface area contributed by atoms with E-state index >= 15 is 0 Å². The van der Waals surface area contributed by atoms with Crippen LogP contribution in [0.15, 0.2) is 54.6 Å². The van der Waals surface area contributed by atoms with Crippen molar-refractivity contribution in [2.24, 2.45) is 0 Å². The molecule has 5 nitrogen and oxygen atoms in total. The molecule has 0 bridgehead atoms. The second kappa shape index (κ2) is 9.62. The summed E-state index contributed by atoms with van der Waals surface area (Å²) in [7, 11) is 0. The lowest BCUT2D eigenvalue weighted by molar-refractivity contribution is 0.0507. The zero-order chi connectivity index (χ0) is 19.0. The first-order valence-corrected chi connectivity index (χ1v) is 9.59. The lowest BCUT2D eigenvalue weighted by atomic mass is 9.74. The van der Waals surface area contributed by atoms with Gasteiger partial charge in [0.05, 0.1) is 6.54 Å². The fraction of sp³-hybridized carbons (Fsp3) is 0.381. The number of hydrogen-bond acceptors (Lipinski definition) is 3. The first-order valence-electron chi connectivity index (χ1n) is 9.21. The summed E-state index contributed by atoms with van der Waals surface area (Å²) in [5.41, 5.74) is 1.18. The highest BCUT2D eigenvalue weighted by molar-refractivity contribution is 6.30. The van der Waals surface area contributed by atoms with E-state index in [1.165, 1.54) is 5.56 Å². The molecule has 144 valence electrons. The third kappa shape index (κ3) is 5.62. The average Bonchev–Trinajstić information content (AvgIpc) is 2.72. The molecule has 2 aromatic rings. The van der Waals surface area contributed by atoms with Crippen molar-refractivity contribution in [3.8, 4) is 5.75 Å². The van der Waals surface area contributed by atoms with E-state index in [4.69, 9.17) is 21.1 Å². The highest BCUT2D eigenvalue weighted by atomic mass is 35.5. The summed E-state index contributed by atoms with van der Waals surface area (Å²) in [6.45, 7) is 2.84. The Hall–Kier alpha value is -2.24. The Morgan fingerprint density at radius 2 is 1.74 bits per heavy atom. The number of benzene rings is 2. The summed E-state index contributed by atoms with van der Waals surface area (Å²) in [6, 6.07) is 17.3. The molecule has 0 atom stereocenters. The van der Waals surface area contributed by atoms with Crippen molar-refractivity contribution in [1.82, 2.24) is 10.6 Å². The maximum absolute atomic E-state index is 12.2. The number of rotatable bonds is 7. The molecule has 1 aliphatic heterocycles. The van der Waals surface area contributed by atoms with Crippen LogP contribution in [0.3, 0.4) is 0 Å². The number of amides is 2. The molecule has 0 radical (unpaired) electrons. The first-order chi connectivity index (χ1) is 13.2. The summed E-state index contributed by atoms with van der Waals surface area (Å²) in [5, 5.41) is 6.53. The Morgan fingerprint density at radius 3 is 2.44 bits per heavy atom. The van der Waals surface area contributed by atoms with E-state index in [1.54, 1.807) is 24.3 Å². The van der Waals surface area contributed by atoms with Crippen molar-refractivity contribution in [3.63, 3.8) is 0 Å².